The minimum atomic E-state index is -1.07. The molecule has 2 rings (SSSR count). The zero-order valence-corrected chi connectivity index (χ0v) is 11.3. The molecular formula is C15H19F2NO. The van der Waals surface area contributed by atoms with Crippen LogP contribution in [0.5, 0.6) is 0 Å². The maximum absolute atomic E-state index is 13.5. The van der Waals surface area contributed by atoms with Crippen LogP contribution in [0.25, 0.3) is 0 Å². The van der Waals surface area contributed by atoms with E-state index in [1.807, 2.05) is 0 Å². The summed E-state index contributed by atoms with van der Waals surface area (Å²) >= 11 is 0. The lowest BCUT2D eigenvalue weighted by atomic mass is 9.75. The Kier molecular flexibility index (Phi) is 3.88. The number of nitrogens with one attached hydrogen (secondary N) is 1. The van der Waals surface area contributed by atoms with Crippen molar-refractivity contribution in [2.75, 3.05) is 0 Å². The van der Waals surface area contributed by atoms with Gasteiger partial charge in [-0.1, -0.05) is 26.3 Å². The van der Waals surface area contributed by atoms with E-state index in [-0.39, 0.29) is 17.0 Å². The first-order valence-electron chi connectivity index (χ1n) is 6.64. The summed E-state index contributed by atoms with van der Waals surface area (Å²) in [6.45, 7) is 4.32. The van der Waals surface area contributed by atoms with Gasteiger partial charge >= 0.3 is 0 Å². The summed E-state index contributed by atoms with van der Waals surface area (Å²) in [6, 6.07) is 3.70. The van der Waals surface area contributed by atoms with Gasteiger partial charge in [0, 0.05) is 6.04 Å². The Morgan fingerprint density at radius 3 is 2.79 bits per heavy atom. The molecule has 1 atom stereocenters. The maximum atomic E-state index is 13.5. The standard InChI is InChI=1S/C15H19F2NO/c1-15(2)8-4-5-10(9-15)18-14(19)11-6-3-7-12(16)13(11)17/h3,6-7,10H,4-5,8-9H2,1-2H3,(H,18,19). The van der Waals surface area contributed by atoms with Crippen LogP contribution in [0.1, 0.15) is 49.9 Å². The van der Waals surface area contributed by atoms with Gasteiger partial charge in [0.05, 0.1) is 5.56 Å². The molecule has 1 N–H and O–H groups in total. The fourth-order valence-corrected chi connectivity index (χ4v) is 2.76. The van der Waals surface area contributed by atoms with E-state index in [9.17, 15) is 13.6 Å². The Bertz CT molecular complexity index is 485. The monoisotopic (exact) mass is 267 g/mol. The lowest BCUT2D eigenvalue weighted by molar-refractivity contribution is 0.0897. The number of benzene rings is 1. The molecule has 1 saturated carbocycles. The Hall–Kier alpha value is -1.45. The van der Waals surface area contributed by atoms with E-state index in [1.54, 1.807) is 0 Å². The van der Waals surface area contributed by atoms with E-state index in [0.717, 1.165) is 31.7 Å². The largest absolute Gasteiger partial charge is 0.349 e. The minimum Gasteiger partial charge on any atom is -0.349 e. The number of carbonyl (C=O) groups excluding carboxylic acids is 1. The van der Waals surface area contributed by atoms with Crippen LogP contribution in [0.3, 0.4) is 0 Å². The number of halogens is 2. The summed E-state index contributed by atoms with van der Waals surface area (Å²) in [6.07, 6.45) is 3.94. The van der Waals surface area contributed by atoms with E-state index in [4.69, 9.17) is 0 Å². The molecule has 1 aromatic carbocycles. The second-order valence-corrected chi connectivity index (χ2v) is 6.03. The normalized spacial score (nSPS) is 22.0. The van der Waals surface area contributed by atoms with Crippen LogP contribution < -0.4 is 5.32 Å². The zero-order chi connectivity index (χ0) is 14.0. The molecule has 0 spiro atoms. The molecule has 1 fully saturated rings. The van der Waals surface area contributed by atoms with Gasteiger partial charge in [-0.15, -0.1) is 0 Å². The Morgan fingerprint density at radius 2 is 2.11 bits per heavy atom. The summed E-state index contributed by atoms with van der Waals surface area (Å²) in [7, 11) is 0. The summed E-state index contributed by atoms with van der Waals surface area (Å²) in [5.41, 5.74) is -0.0279. The van der Waals surface area contributed by atoms with E-state index in [2.05, 4.69) is 19.2 Å². The lowest BCUT2D eigenvalue weighted by Crippen LogP contribution is -2.41. The number of rotatable bonds is 2. The van der Waals surface area contributed by atoms with E-state index < -0.39 is 17.5 Å². The third kappa shape index (κ3) is 3.31. The second-order valence-electron chi connectivity index (χ2n) is 6.03. The molecule has 0 saturated heterocycles. The summed E-state index contributed by atoms with van der Waals surface area (Å²) < 4.78 is 26.6. The van der Waals surface area contributed by atoms with Crippen molar-refractivity contribution in [2.24, 2.45) is 5.41 Å². The van der Waals surface area contributed by atoms with E-state index in [1.165, 1.54) is 12.1 Å². The van der Waals surface area contributed by atoms with Crippen LogP contribution in [0.4, 0.5) is 8.78 Å². The maximum Gasteiger partial charge on any atom is 0.254 e. The predicted octanol–water partition coefficient (Wildman–Crippen LogP) is 3.66. The van der Waals surface area contributed by atoms with Gasteiger partial charge in [-0.25, -0.2) is 8.78 Å². The van der Waals surface area contributed by atoms with Crippen molar-refractivity contribution in [3.05, 3.63) is 35.4 Å². The van der Waals surface area contributed by atoms with Gasteiger partial charge in [-0.3, -0.25) is 4.79 Å². The van der Waals surface area contributed by atoms with Crippen LogP contribution in [-0.4, -0.2) is 11.9 Å². The molecule has 0 bridgehead atoms. The molecule has 0 radical (unpaired) electrons. The van der Waals surface area contributed by atoms with Gasteiger partial charge in [0.1, 0.15) is 0 Å². The fourth-order valence-electron chi connectivity index (χ4n) is 2.76. The molecule has 104 valence electrons. The molecule has 2 nitrogen and oxygen atoms in total. The Labute approximate surface area is 112 Å². The molecular weight excluding hydrogens is 248 g/mol. The van der Waals surface area contributed by atoms with Crippen LogP contribution in [0, 0.1) is 17.0 Å². The molecule has 19 heavy (non-hydrogen) atoms. The Morgan fingerprint density at radius 1 is 1.37 bits per heavy atom. The van der Waals surface area contributed by atoms with Gasteiger partial charge in [-0.2, -0.15) is 0 Å². The smallest absolute Gasteiger partial charge is 0.254 e. The molecule has 0 aromatic heterocycles. The third-order valence-electron chi connectivity index (χ3n) is 3.74. The average Bonchev–Trinajstić information content (AvgIpc) is 2.31. The van der Waals surface area contributed by atoms with Crippen molar-refractivity contribution in [2.45, 2.75) is 45.6 Å². The number of hydrogen-bond donors (Lipinski definition) is 1. The molecule has 1 aliphatic rings. The van der Waals surface area contributed by atoms with E-state index in [0.29, 0.717) is 0 Å². The quantitative estimate of drug-likeness (QED) is 0.870. The van der Waals surface area contributed by atoms with Crippen molar-refractivity contribution in [1.29, 1.82) is 0 Å². The highest BCUT2D eigenvalue weighted by Crippen LogP contribution is 2.35. The molecule has 0 heterocycles. The van der Waals surface area contributed by atoms with Crippen molar-refractivity contribution in [3.8, 4) is 0 Å². The van der Waals surface area contributed by atoms with Gasteiger partial charge in [0.25, 0.3) is 5.91 Å². The molecule has 1 amide bonds. The molecule has 1 unspecified atom stereocenters. The predicted molar refractivity (Wildman–Crippen MR) is 69.9 cm³/mol. The van der Waals surface area contributed by atoms with Crippen LogP contribution in [-0.2, 0) is 0 Å². The highest BCUT2D eigenvalue weighted by atomic mass is 19.2. The summed E-state index contributed by atoms with van der Waals surface area (Å²) in [5, 5.41) is 2.81. The fraction of sp³-hybridized carbons (Fsp3) is 0.533. The first-order chi connectivity index (χ1) is 8.89. The van der Waals surface area contributed by atoms with Gasteiger partial charge in [-0.05, 0) is 36.8 Å². The zero-order valence-electron chi connectivity index (χ0n) is 11.3. The van der Waals surface area contributed by atoms with Crippen molar-refractivity contribution >= 4 is 5.91 Å². The second kappa shape index (κ2) is 5.27. The van der Waals surface area contributed by atoms with Crippen molar-refractivity contribution in [1.82, 2.24) is 5.32 Å². The number of carbonyl (C=O) groups is 1. The van der Waals surface area contributed by atoms with Crippen molar-refractivity contribution in [3.63, 3.8) is 0 Å². The van der Waals surface area contributed by atoms with Gasteiger partial charge in [0.2, 0.25) is 0 Å². The van der Waals surface area contributed by atoms with Crippen LogP contribution in [0.2, 0.25) is 0 Å². The lowest BCUT2D eigenvalue weighted by Gasteiger charge is -2.35. The summed E-state index contributed by atoms with van der Waals surface area (Å²) in [5.74, 6) is -2.59. The van der Waals surface area contributed by atoms with Crippen LogP contribution in [0.15, 0.2) is 18.2 Å². The number of hydrogen-bond acceptors (Lipinski definition) is 1. The Balaban J connectivity index is 2.07. The average molecular weight is 267 g/mol. The third-order valence-corrected chi connectivity index (χ3v) is 3.74. The van der Waals surface area contributed by atoms with Crippen molar-refractivity contribution < 1.29 is 13.6 Å². The van der Waals surface area contributed by atoms with Gasteiger partial charge in [0.15, 0.2) is 11.6 Å². The molecule has 1 aromatic rings. The molecule has 1 aliphatic carbocycles. The SMILES string of the molecule is CC1(C)CCCC(NC(=O)c2cccc(F)c2F)C1. The molecule has 0 aliphatic heterocycles. The first-order valence-corrected chi connectivity index (χ1v) is 6.64. The minimum absolute atomic E-state index is 0.0407. The summed E-state index contributed by atoms with van der Waals surface area (Å²) in [4.78, 5) is 12.0. The topological polar surface area (TPSA) is 29.1 Å². The molecule has 4 heteroatoms. The van der Waals surface area contributed by atoms with Crippen LogP contribution >= 0.6 is 0 Å². The first kappa shape index (κ1) is 14.0. The van der Waals surface area contributed by atoms with E-state index >= 15 is 0 Å². The number of amides is 1. The highest BCUT2D eigenvalue weighted by molar-refractivity contribution is 5.94. The van der Waals surface area contributed by atoms with Gasteiger partial charge < -0.3 is 5.32 Å². The highest BCUT2D eigenvalue weighted by Gasteiger charge is 2.29.